The highest BCUT2D eigenvalue weighted by Gasteiger charge is 2.04. The SMILES string of the molecule is C=C(N)OC(C)CC(C)C. The van der Waals surface area contributed by atoms with Gasteiger partial charge >= 0.3 is 0 Å². The van der Waals surface area contributed by atoms with E-state index in [0.29, 0.717) is 11.8 Å². The first-order valence-electron chi connectivity index (χ1n) is 3.63. The zero-order chi connectivity index (χ0) is 8.15. The predicted molar refractivity (Wildman–Crippen MR) is 43.3 cm³/mol. The van der Waals surface area contributed by atoms with E-state index in [1.165, 1.54) is 0 Å². The van der Waals surface area contributed by atoms with Crippen LogP contribution in [-0.2, 0) is 4.74 Å². The maximum Gasteiger partial charge on any atom is 0.176 e. The van der Waals surface area contributed by atoms with Gasteiger partial charge in [0.1, 0.15) is 0 Å². The summed E-state index contributed by atoms with van der Waals surface area (Å²) >= 11 is 0. The van der Waals surface area contributed by atoms with Crippen molar-refractivity contribution in [1.29, 1.82) is 0 Å². The van der Waals surface area contributed by atoms with Gasteiger partial charge in [0.25, 0.3) is 0 Å². The minimum Gasteiger partial charge on any atom is -0.477 e. The fraction of sp³-hybridized carbons (Fsp3) is 0.750. The molecule has 0 radical (unpaired) electrons. The second-order valence-electron chi connectivity index (χ2n) is 3.02. The fourth-order valence-electron chi connectivity index (χ4n) is 0.970. The van der Waals surface area contributed by atoms with Gasteiger partial charge in [0.2, 0.25) is 0 Å². The second-order valence-corrected chi connectivity index (χ2v) is 3.02. The van der Waals surface area contributed by atoms with Gasteiger partial charge in [-0.25, -0.2) is 0 Å². The molecule has 10 heavy (non-hydrogen) atoms. The number of hydrogen-bond acceptors (Lipinski definition) is 2. The lowest BCUT2D eigenvalue weighted by Gasteiger charge is -2.15. The Morgan fingerprint density at radius 2 is 2.00 bits per heavy atom. The maximum absolute atomic E-state index is 5.25. The van der Waals surface area contributed by atoms with E-state index in [-0.39, 0.29) is 6.10 Å². The van der Waals surface area contributed by atoms with Crippen molar-refractivity contribution >= 4 is 0 Å². The van der Waals surface area contributed by atoms with E-state index in [1.54, 1.807) is 0 Å². The molecule has 2 nitrogen and oxygen atoms in total. The van der Waals surface area contributed by atoms with Crippen molar-refractivity contribution in [2.75, 3.05) is 0 Å². The highest BCUT2D eigenvalue weighted by molar-refractivity contribution is 4.73. The molecule has 2 heteroatoms. The smallest absolute Gasteiger partial charge is 0.176 e. The van der Waals surface area contributed by atoms with Crippen molar-refractivity contribution in [1.82, 2.24) is 0 Å². The predicted octanol–water partition coefficient (Wildman–Crippen LogP) is 1.87. The highest BCUT2D eigenvalue weighted by atomic mass is 16.5. The van der Waals surface area contributed by atoms with E-state index < -0.39 is 0 Å². The lowest BCUT2D eigenvalue weighted by Crippen LogP contribution is -2.14. The molecule has 0 aromatic rings. The van der Waals surface area contributed by atoms with E-state index in [1.807, 2.05) is 6.92 Å². The van der Waals surface area contributed by atoms with Gasteiger partial charge in [-0.15, -0.1) is 0 Å². The number of rotatable bonds is 4. The van der Waals surface area contributed by atoms with Crippen molar-refractivity contribution in [3.05, 3.63) is 12.5 Å². The first kappa shape index (κ1) is 9.34. The van der Waals surface area contributed by atoms with E-state index >= 15 is 0 Å². The third kappa shape index (κ3) is 5.48. The molecule has 0 fully saturated rings. The van der Waals surface area contributed by atoms with Crippen LogP contribution in [0.15, 0.2) is 12.5 Å². The first-order chi connectivity index (χ1) is 4.52. The third-order valence-electron chi connectivity index (χ3n) is 1.16. The largest absolute Gasteiger partial charge is 0.477 e. The van der Waals surface area contributed by atoms with Crippen molar-refractivity contribution in [2.45, 2.75) is 33.3 Å². The quantitative estimate of drug-likeness (QED) is 0.610. The molecule has 1 atom stereocenters. The molecule has 0 rings (SSSR count). The number of ether oxygens (including phenoxy) is 1. The normalized spacial score (nSPS) is 13.2. The molecule has 0 saturated carbocycles. The van der Waals surface area contributed by atoms with E-state index in [0.717, 1.165) is 6.42 Å². The second kappa shape index (κ2) is 4.20. The first-order valence-corrected chi connectivity index (χ1v) is 3.63. The van der Waals surface area contributed by atoms with E-state index in [4.69, 9.17) is 10.5 Å². The average molecular weight is 143 g/mol. The standard InChI is InChI=1S/C8H17NO/c1-6(2)5-7(3)10-8(4)9/h6-7H,4-5,9H2,1-3H3. The Morgan fingerprint density at radius 3 is 2.30 bits per heavy atom. The monoisotopic (exact) mass is 143 g/mol. The number of hydrogen-bond donors (Lipinski definition) is 1. The van der Waals surface area contributed by atoms with Gasteiger partial charge in [-0.1, -0.05) is 13.8 Å². The molecule has 0 saturated heterocycles. The van der Waals surface area contributed by atoms with Crippen LogP contribution >= 0.6 is 0 Å². The molecule has 0 heterocycles. The van der Waals surface area contributed by atoms with Crippen molar-refractivity contribution in [3.63, 3.8) is 0 Å². The molecule has 0 aliphatic carbocycles. The van der Waals surface area contributed by atoms with Gasteiger partial charge in [0, 0.05) is 0 Å². The van der Waals surface area contributed by atoms with Crippen LogP contribution in [0.25, 0.3) is 0 Å². The van der Waals surface area contributed by atoms with Crippen molar-refractivity contribution < 1.29 is 4.74 Å². The van der Waals surface area contributed by atoms with Crippen LogP contribution in [-0.4, -0.2) is 6.10 Å². The molecule has 60 valence electrons. The molecular weight excluding hydrogens is 126 g/mol. The Bertz CT molecular complexity index is 110. The summed E-state index contributed by atoms with van der Waals surface area (Å²) < 4.78 is 5.14. The minimum atomic E-state index is 0.192. The number of nitrogens with two attached hydrogens (primary N) is 1. The van der Waals surface area contributed by atoms with Crippen LogP contribution in [0.3, 0.4) is 0 Å². The minimum absolute atomic E-state index is 0.192. The topological polar surface area (TPSA) is 35.2 Å². The Kier molecular flexibility index (Phi) is 3.93. The summed E-state index contributed by atoms with van der Waals surface area (Å²) in [4.78, 5) is 0. The summed E-state index contributed by atoms with van der Waals surface area (Å²) in [7, 11) is 0. The maximum atomic E-state index is 5.25. The van der Waals surface area contributed by atoms with Crippen LogP contribution < -0.4 is 5.73 Å². The average Bonchev–Trinajstić information content (AvgIpc) is 1.58. The van der Waals surface area contributed by atoms with Crippen LogP contribution in [0.2, 0.25) is 0 Å². The summed E-state index contributed by atoms with van der Waals surface area (Å²) in [5.41, 5.74) is 5.25. The molecular formula is C8H17NO. The zero-order valence-electron chi connectivity index (χ0n) is 7.05. The van der Waals surface area contributed by atoms with Crippen LogP contribution in [0.5, 0.6) is 0 Å². The molecule has 0 aliphatic rings. The van der Waals surface area contributed by atoms with Gasteiger partial charge in [-0.05, 0) is 25.8 Å². The molecule has 0 spiro atoms. The summed E-state index contributed by atoms with van der Waals surface area (Å²) in [5, 5.41) is 0. The van der Waals surface area contributed by atoms with Gasteiger partial charge in [0.05, 0.1) is 6.10 Å². The van der Waals surface area contributed by atoms with Crippen LogP contribution in [0, 0.1) is 5.92 Å². The molecule has 0 bridgehead atoms. The highest BCUT2D eigenvalue weighted by Crippen LogP contribution is 2.08. The molecule has 0 aliphatic heterocycles. The van der Waals surface area contributed by atoms with E-state index in [2.05, 4.69) is 20.4 Å². The molecule has 0 aromatic carbocycles. The Balaban J connectivity index is 3.43. The van der Waals surface area contributed by atoms with Crippen LogP contribution in [0.4, 0.5) is 0 Å². The third-order valence-corrected chi connectivity index (χ3v) is 1.16. The molecule has 2 N–H and O–H groups in total. The Hall–Kier alpha value is -0.660. The van der Waals surface area contributed by atoms with Crippen molar-refractivity contribution in [2.24, 2.45) is 11.7 Å². The van der Waals surface area contributed by atoms with Gasteiger partial charge < -0.3 is 10.5 Å². The zero-order valence-corrected chi connectivity index (χ0v) is 7.05. The Labute approximate surface area is 63.1 Å². The molecule has 0 amide bonds. The van der Waals surface area contributed by atoms with Crippen LogP contribution in [0.1, 0.15) is 27.2 Å². The lowest BCUT2D eigenvalue weighted by atomic mass is 10.1. The summed E-state index contributed by atoms with van der Waals surface area (Å²) in [5.74, 6) is 0.961. The lowest BCUT2D eigenvalue weighted by molar-refractivity contribution is 0.111. The molecule has 0 aromatic heterocycles. The van der Waals surface area contributed by atoms with Crippen molar-refractivity contribution in [3.8, 4) is 0 Å². The van der Waals surface area contributed by atoms with Gasteiger partial charge in [0.15, 0.2) is 5.88 Å². The van der Waals surface area contributed by atoms with Gasteiger partial charge in [-0.2, -0.15) is 0 Å². The summed E-state index contributed by atoms with van der Waals surface area (Å²) in [6.07, 6.45) is 1.22. The Morgan fingerprint density at radius 1 is 1.50 bits per heavy atom. The van der Waals surface area contributed by atoms with Gasteiger partial charge in [-0.3, -0.25) is 0 Å². The molecule has 1 unspecified atom stereocenters. The van der Waals surface area contributed by atoms with E-state index in [9.17, 15) is 0 Å². The summed E-state index contributed by atoms with van der Waals surface area (Å²) in [6, 6.07) is 0. The summed E-state index contributed by atoms with van der Waals surface area (Å²) in [6.45, 7) is 9.76. The fourth-order valence-corrected chi connectivity index (χ4v) is 0.970.